The Morgan fingerprint density at radius 1 is 0.696 bits per heavy atom. The second-order valence-corrected chi connectivity index (χ2v) is 17.1. The van der Waals surface area contributed by atoms with Crippen molar-refractivity contribution in [2.45, 2.75) is 52.7 Å². The lowest BCUT2D eigenvalue weighted by Gasteiger charge is -2.35. The summed E-state index contributed by atoms with van der Waals surface area (Å²) < 4.78 is 12.1. The Balaban J connectivity index is 0.000000193. The number of benzene rings is 2. The number of anilines is 6. The van der Waals surface area contributed by atoms with Crippen molar-refractivity contribution in [1.82, 2.24) is 50.6 Å². The quantitative estimate of drug-likeness (QED) is 0.152. The normalized spacial score (nSPS) is 15.1. The number of nitrogens with zero attached hydrogens (tertiary/aromatic N) is 10. The first-order valence-corrected chi connectivity index (χ1v) is 19.9. The van der Waals surface area contributed by atoms with Gasteiger partial charge in [-0.15, -0.1) is 20.4 Å². The van der Waals surface area contributed by atoms with Gasteiger partial charge in [0.05, 0.1) is 23.4 Å². The van der Waals surface area contributed by atoms with E-state index in [0.29, 0.717) is 36.8 Å². The number of rotatable bonds is 6. The number of carbonyl (C=O) groups excluding carboxylic acids is 2. The molecule has 0 spiro atoms. The highest BCUT2D eigenvalue weighted by Crippen LogP contribution is 2.30. The third-order valence-corrected chi connectivity index (χ3v) is 10.3. The molecular formula is C36H46N14O4S2. The molecule has 296 valence electrons. The van der Waals surface area contributed by atoms with Crippen LogP contribution in [0.4, 0.5) is 41.5 Å². The average Bonchev–Trinajstić information content (AvgIpc) is 3.98. The number of aromatic nitrogens is 8. The van der Waals surface area contributed by atoms with Gasteiger partial charge in [0.1, 0.15) is 11.2 Å². The van der Waals surface area contributed by atoms with Crippen LogP contribution in [0.2, 0.25) is 0 Å². The van der Waals surface area contributed by atoms with E-state index < -0.39 is 17.3 Å². The maximum Gasteiger partial charge on any atom is 0.435 e. The molecule has 0 bridgehead atoms. The van der Waals surface area contributed by atoms with Crippen LogP contribution in [0.25, 0.3) is 21.8 Å². The predicted molar refractivity (Wildman–Crippen MR) is 219 cm³/mol. The molecule has 2 aliphatic rings. The minimum atomic E-state index is -0.602. The van der Waals surface area contributed by atoms with Crippen molar-refractivity contribution < 1.29 is 19.1 Å². The van der Waals surface area contributed by atoms with Crippen molar-refractivity contribution in [2.24, 2.45) is 0 Å². The van der Waals surface area contributed by atoms with Crippen LogP contribution < -0.4 is 25.8 Å². The summed E-state index contributed by atoms with van der Waals surface area (Å²) >= 11 is 3.02. The van der Waals surface area contributed by atoms with Gasteiger partial charge in [-0.05, 0) is 77.9 Å². The molecule has 6 aromatic rings. The van der Waals surface area contributed by atoms with E-state index in [1.54, 1.807) is 22.4 Å². The van der Waals surface area contributed by atoms with Crippen LogP contribution in [0, 0.1) is 0 Å². The maximum absolute atomic E-state index is 12.4. The van der Waals surface area contributed by atoms with E-state index >= 15 is 0 Å². The fourth-order valence-corrected chi connectivity index (χ4v) is 7.51. The Hall–Kier alpha value is -5.60. The average molecular weight is 803 g/mol. The number of aromatic amines is 1. The number of carbonyl (C=O) groups is 2. The SMILES string of the molecule is CC(C)(C)OC(=O)N1CCN(c2nnc(Nc3ccc4c(cnn4C(=O)OC(C)(C)C)c3)s2)CC1.c1cc2[nH]ncc2cc1Nc1nnc(N2CCNCC2)s1. The smallest absolute Gasteiger partial charge is 0.435 e. The van der Waals surface area contributed by atoms with Crippen molar-refractivity contribution >= 4 is 88.6 Å². The van der Waals surface area contributed by atoms with Crippen LogP contribution in [-0.4, -0.2) is 121 Å². The molecule has 4 aromatic heterocycles. The summed E-state index contributed by atoms with van der Waals surface area (Å²) in [5, 5.41) is 43.2. The predicted octanol–water partition coefficient (Wildman–Crippen LogP) is 6.04. The van der Waals surface area contributed by atoms with Crippen molar-refractivity contribution in [3.63, 3.8) is 0 Å². The molecule has 0 unspecified atom stereocenters. The Kier molecular flexibility index (Phi) is 11.2. The Morgan fingerprint density at radius 2 is 1.27 bits per heavy atom. The molecule has 0 radical (unpaired) electrons. The van der Waals surface area contributed by atoms with Gasteiger partial charge in [0, 0.05) is 74.5 Å². The molecule has 20 heteroatoms. The molecular weight excluding hydrogens is 757 g/mol. The zero-order valence-corrected chi connectivity index (χ0v) is 33.8. The summed E-state index contributed by atoms with van der Waals surface area (Å²) in [7, 11) is 0. The third-order valence-electron chi connectivity index (χ3n) is 8.50. The van der Waals surface area contributed by atoms with Gasteiger partial charge in [0.15, 0.2) is 0 Å². The van der Waals surface area contributed by atoms with E-state index in [9.17, 15) is 9.59 Å². The minimum Gasteiger partial charge on any atom is -0.444 e. The molecule has 2 aliphatic heterocycles. The van der Waals surface area contributed by atoms with E-state index in [2.05, 4.69) is 61.4 Å². The number of H-pyrrole nitrogens is 1. The number of amides is 1. The molecule has 18 nitrogen and oxygen atoms in total. The Bertz CT molecular complexity index is 2270. The standard InChI is InChI=1S/C23H31N7O4S.C13H15N7S/c1-22(2,3)33-20(31)29-11-9-28(10-12-29)19-27-26-18(35-19)25-16-7-8-17-15(13-16)14-24-30(17)21(32)34-23(4,5)6;1-2-11-9(8-15-17-11)7-10(1)16-12-18-19-13(21-12)20-5-3-14-4-6-20/h7-8,13-14H,9-12H2,1-6H3,(H,25,26);1-2,7-8,14H,3-6H2,(H,15,17)(H,16,18). The Labute approximate surface area is 331 Å². The molecule has 56 heavy (non-hydrogen) atoms. The van der Waals surface area contributed by atoms with Crippen LogP contribution in [-0.2, 0) is 9.47 Å². The van der Waals surface area contributed by atoms with E-state index in [0.717, 1.165) is 69.2 Å². The number of fused-ring (bicyclic) bond motifs is 2. The van der Waals surface area contributed by atoms with Crippen molar-refractivity contribution in [3.05, 3.63) is 48.8 Å². The van der Waals surface area contributed by atoms with Crippen LogP contribution >= 0.6 is 22.7 Å². The van der Waals surface area contributed by atoms with Crippen molar-refractivity contribution in [1.29, 1.82) is 0 Å². The van der Waals surface area contributed by atoms with Gasteiger partial charge in [0.2, 0.25) is 20.5 Å². The molecule has 2 aromatic carbocycles. The van der Waals surface area contributed by atoms with E-state index in [1.807, 2.05) is 84.1 Å². The lowest BCUT2D eigenvalue weighted by molar-refractivity contribution is 0.0240. The molecule has 0 saturated carbocycles. The number of hydrogen-bond acceptors (Lipinski definition) is 17. The van der Waals surface area contributed by atoms with Crippen LogP contribution in [0.3, 0.4) is 0 Å². The van der Waals surface area contributed by atoms with Crippen LogP contribution in [0.5, 0.6) is 0 Å². The van der Waals surface area contributed by atoms with Gasteiger partial charge in [-0.3, -0.25) is 5.10 Å². The van der Waals surface area contributed by atoms with E-state index in [1.165, 1.54) is 16.0 Å². The van der Waals surface area contributed by atoms with Gasteiger partial charge in [-0.2, -0.15) is 14.9 Å². The number of nitrogens with one attached hydrogen (secondary N) is 4. The van der Waals surface area contributed by atoms with E-state index in [4.69, 9.17) is 9.47 Å². The molecule has 8 rings (SSSR count). The number of hydrogen-bond donors (Lipinski definition) is 4. The fraction of sp³-hybridized carbons (Fsp3) is 0.444. The highest BCUT2D eigenvalue weighted by atomic mass is 32.1. The lowest BCUT2D eigenvalue weighted by atomic mass is 10.2. The number of piperazine rings is 2. The highest BCUT2D eigenvalue weighted by molar-refractivity contribution is 7.19. The molecule has 2 fully saturated rings. The maximum atomic E-state index is 12.4. The van der Waals surface area contributed by atoms with Gasteiger partial charge in [-0.1, -0.05) is 22.7 Å². The number of ether oxygens (including phenoxy) is 2. The first kappa shape index (κ1) is 38.7. The summed E-state index contributed by atoms with van der Waals surface area (Å²) in [6.45, 7) is 17.4. The zero-order valence-electron chi connectivity index (χ0n) is 32.2. The summed E-state index contributed by atoms with van der Waals surface area (Å²) in [4.78, 5) is 30.8. The second-order valence-electron chi connectivity index (χ2n) is 15.2. The summed E-state index contributed by atoms with van der Waals surface area (Å²) in [5.41, 5.74) is 2.37. The van der Waals surface area contributed by atoms with Crippen molar-refractivity contribution in [3.8, 4) is 0 Å². The molecule has 0 atom stereocenters. The topological polar surface area (TPSA) is 196 Å². The molecule has 6 heterocycles. The lowest BCUT2D eigenvalue weighted by Crippen LogP contribution is -2.50. The minimum absolute atomic E-state index is 0.290. The first-order valence-electron chi connectivity index (χ1n) is 18.3. The van der Waals surface area contributed by atoms with Gasteiger partial charge >= 0.3 is 12.2 Å². The van der Waals surface area contributed by atoms with Crippen molar-refractivity contribution in [2.75, 3.05) is 72.8 Å². The summed E-state index contributed by atoms with van der Waals surface area (Å²) in [6, 6.07) is 11.6. The van der Waals surface area contributed by atoms with Crippen LogP contribution in [0.15, 0.2) is 48.8 Å². The third kappa shape index (κ3) is 9.79. The first-order chi connectivity index (χ1) is 26.8. The summed E-state index contributed by atoms with van der Waals surface area (Å²) in [5.74, 6) is 0. The van der Waals surface area contributed by atoms with Gasteiger partial charge in [0.25, 0.3) is 0 Å². The molecule has 0 aliphatic carbocycles. The van der Waals surface area contributed by atoms with Crippen LogP contribution in [0.1, 0.15) is 41.5 Å². The van der Waals surface area contributed by atoms with Gasteiger partial charge < -0.3 is 40.1 Å². The fourth-order valence-electron chi connectivity index (χ4n) is 5.88. The zero-order chi connectivity index (χ0) is 39.5. The Morgan fingerprint density at radius 3 is 1.89 bits per heavy atom. The monoisotopic (exact) mass is 802 g/mol. The molecule has 1 amide bonds. The van der Waals surface area contributed by atoms with E-state index in [-0.39, 0.29) is 6.09 Å². The highest BCUT2D eigenvalue weighted by Gasteiger charge is 2.27. The van der Waals surface area contributed by atoms with Gasteiger partial charge in [-0.25, -0.2) is 9.59 Å². The summed E-state index contributed by atoms with van der Waals surface area (Å²) in [6.07, 6.45) is 2.63. The largest absolute Gasteiger partial charge is 0.444 e. The second kappa shape index (κ2) is 16.2. The molecule has 2 saturated heterocycles. The molecule has 4 N–H and O–H groups in total.